The summed E-state index contributed by atoms with van der Waals surface area (Å²) in [4.78, 5) is 26.2. The van der Waals surface area contributed by atoms with Gasteiger partial charge in [-0.15, -0.1) is 10.2 Å². The molecule has 1 aliphatic heterocycles. The highest BCUT2D eigenvalue weighted by Crippen LogP contribution is 2.31. The molecule has 1 aromatic rings. The summed E-state index contributed by atoms with van der Waals surface area (Å²) in [6.45, 7) is 3.08. The maximum Gasteiger partial charge on any atom is 0.261 e. The zero-order valence-corrected chi connectivity index (χ0v) is 14.3. The van der Waals surface area contributed by atoms with Gasteiger partial charge in [0.2, 0.25) is 11.8 Å². The van der Waals surface area contributed by atoms with Crippen LogP contribution in [0.25, 0.3) is 0 Å². The van der Waals surface area contributed by atoms with E-state index in [1.807, 2.05) is 4.90 Å². The summed E-state index contributed by atoms with van der Waals surface area (Å²) in [5.41, 5.74) is 0. The molecule has 1 aliphatic carbocycles. The van der Waals surface area contributed by atoms with Crippen LogP contribution in [0.3, 0.4) is 0 Å². The summed E-state index contributed by atoms with van der Waals surface area (Å²) in [5, 5.41) is 10.7. The fourth-order valence-electron chi connectivity index (χ4n) is 2.75. The molecule has 1 N–H and O–H groups in total. The summed E-state index contributed by atoms with van der Waals surface area (Å²) in [6, 6.07) is 3.20. The number of carbonyl (C=O) groups excluding carboxylic acids is 2. The third-order valence-electron chi connectivity index (χ3n) is 4.35. The van der Waals surface area contributed by atoms with E-state index in [0.29, 0.717) is 13.1 Å². The highest BCUT2D eigenvalue weighted by atomic mass is 35.5. The number of hydrogen-bond donors (Lipinski definition) is 1. The van der Waals surface area contributed by atoms with Crippen molar-refractivity contribution in [2.24, 2.45) is 5.92 Å². The molecule has 1 atom stereocenters. The normalized spacial score (nSPS) is 19.7. The summed E-state index contributed by atoms with van der Waals surface area (Å²) >= 11 is 5.66. The average Bonchev–Trinajstić information content (AvgIpc) is 3.42. The standard InChI is InChI=1S/C16H21ClN4O3/c1-10(24-14-5-4-13(17)19-20-14)15(22)18-12-6-8-21(9-7-12)16(23)11-2-3-11/h4-5,10-12H,2-3,6-9H2,1H3,(H,18,22). The van der Waals surface area contributed by atoms with Gasteiger partial charge in [-0.2, -0.15) is 0 Å². The lowest BCUT2D eigenvalue weighted by Gasteiger charge is -2.33. The molecule has 2 heterocycles. The van der Waals surface area contributed by atoms with E-state index in [1.54, 1.807) is 19.1 Å². The first-order valence-electron chi connectivity index (χ1n) is 8.28. The fraction of sp³-hybridized carbons (Fsp3) is 0.625. The third-order valence-corrected chi connectivity index (χ3v) is 4.56. The second kappa shape index (κ2) is 7.34. The molecule has 0 radical (unpaired) electrons. The van der Waals surface area contributed by atoms with Gasteiger partial charge >= 0.3 is 0 Å². The number of amides is 2. The van der Waals surface area contributed by atoms with Crippen LogP contribution in [-0.4, -0.2) is 52.1 Å². The van der Waals surface area contributed by atoms with Gasteiger partial charge in [0.15, 0.2) is 11.3 Å². The number of nitrogens with zero attached hydrogens (tertiary/aromatic N) is 3. The van der Waals surface area contributed by atoms with Gasteiger partial charge in [-0.05, 0) is 38.7 Å². The Bertz CT molecular complexity index is 598. The highest BCUT2D eigenvalue weighted by molar-refractivity contribution is 6.29. The monoisotopic (exact) mass is 352 g/mol. The van der Waals surface area contributed by atoms with Crippen molar-refractivity contribution in [3.63, 3.8) is 0 Å². The molecule has 130 valence electrons. The Balaban J connectivity index is 1.43. The Hall–Kier alpha value is -1.89. The van der Waals surface area contributed by atoms with Gasteiger partial charge in [-0.1, -0.05) is 11.6 Å². The van der Waals surface area contributed by atoms with Crippen LogP contribution in [0.1, 0.15) is 32.6 Å². The van der Waals surface area contributed by atoms with Crippen molar-refractivity contribution in [3.8, 4) is 5.88 Å². The van der Waals surface area contributed by atoms with E-state index in [4.69, 9.17) is 16.3 Å². The molecule has 2 aliphatic rings. The number of nitrogens with one attached hydrogen (secondary N) is 1. The Morgan fingerprint density at radius 1 is 1.25 bits per heavy atom. The van der Waals surface area contributed by atoms with Crippen molar-refractivity contribution in [1.29, 1.82) is 0 Å². The molecule has 8 heteroatoms. The molecular formula is C16H21ClN4O3. The number of ether oxygens (including phenoxy) is 1. The van der Waals surface area contributed by atoms with Crippen molar-refractivity contribution in [1.82, 2.24) is 20.4 Å². The Kier molecular flexibility index (Phi) is 5.18. The maximum atomic E-state index is 12.2. The number of carbonyl (C=O) groups is 2. The van der Waals surface area contributed by atoms with Crippen molar-refractivity contribution in [2.75, 3.05) is 13.1 Å². The second-order valence-electron chi connectivity index (χ2n) is 6.34. The first-order valence-corrected chi connectivity index (χ1v) is 8.66. The van der Waals surface area contributed by atoms with E-state index in [1.165, 1.54) is 0 Å². The number of piperidine rings is 1. The summed E-state index contributed by atoms with van der Waals surface area (Å²) in [7, 11) is 0. The smallest absolute Gasteiger partial charge is 0.261 e. The van der Waals surface area contributed by atoms with E-state index < -0.39 is 6.10 Å². The summed E-state index contributed by atoms with van der Waals surface area (Å²) < 4.78 is 5.46. The zero-order valence-electron chi connectivity index (χ0n) is 13.6. The minimum absolute atomic E-state index is 0.0723. The van der Waals surface area contributed by atoms with Gasteiger partial charge in [0.1, 0.15) is 0 Å². The Morgan fingerprint density at radius 3 is 2.54 bits per heavy atom. The molecule has 7 nitrogen and oxygen atoms in total. The number of rotatable bonds is 5. The molecule has 3 rings (SSSR count). The van der Waals surface area contributed by atoms with Crippen LogP contribution in [0.2, 0.25) is 5.15 Å². The van der Waals surface area contributed by atoms with Gasteiger partial charge < -0.3 is 15.0 Å². The van der Waals surface area contributed by atoms with E-state index in [0.717, 1.165) is 25.7 Å². The minimum atomic E-state index is -0.674. The molecule has 0 spiro atoms. The van der Waals surface area contributed by atoms with Crippen LogP contribution >= 0.6 is 11.6 Å². The molecule has 0 aromatic carbocycles. The topological polar surface area (TPSA) is 84.4 Å². The van der Waals surface area contributed by atoms with Crippen molar-refractivity contribution >= 4 is 23.4 Å². The van der Waals surface area contributed by atoms with Crippen molar-refractivity contribution in [3.05, 3.63) is 17.3 Å². The molecule has 0 bridgehead atoms. The quantitative estimate of drug-likeness (QED) is 0.866. The number of halogens is 1. The average molecular weight is 353 g/mol. The molecule has 2 amide bonds. The van der Waals surface area contributed by atoms with Crippen LogP contribution in [0.4, 0.5) is 0 Å². The van der Waals surface area contributed by atoms with Crippen LogP contribution < -0.4 is 10.1 Å². The molecule has 1 unspecified atom stereocenters. The largest absolute Gasteiger partial charge is 0.463 e. The van der Waals surface area contributed by atoms with Crippen LogP contribution in [0.5, 0.6) is 5.88 Å². The Labute approximate surface area is 145 Å². The lowest BCUT2D eigenvalue weighted by molar-refractivity contribution is -0.134. The van der Waals surface area contributed by atoms with Crippen LogP contribution in [0.15, 0.2) is 12.1 Å². The third kappa shape index (κ3) is 4.35. The Morgan fingerprint density at radius 2 is 1.96 bits per heavy atom. The lowest BCUT2D eigenvalue weighted by Crippen LogP contribution is -2.49. The first kappa shape index (κ1) is 17.0. The van der Waals surface area contributed by atoms with Crippen molar-refractivity contribution in [2.45, 2.75) is 44.8 Å². The van der Waals surface area contributed by atoms with E-state index >= 15 is 0 Å². The van der Waals surface area contributed by atoms with Crippen LogP contribution in [0, 0.1) is 5.92 Å². The zero-order chi connectivity index (χ0) is 17.1. The number of likely N-dealkylation sites (tertiary alicyclic amines) is 1. The van der Waals surface area contributed by atoms with Crippen molar-refractivity contribution < 1.29 is 14.3 Å². The van der Waals surface area contributed by atoms with Crippen LogP contribution in [-0.2, 0) is 9.59 Å². The first-order chi connectivity index (χ1) is 11.5. The number of aromatic nitrogens is 2. The van der Waals surface area contributed by atoms with E-state index in [-0.39, 0.29) is 34.8 Å². The van der Waals surface area contributed by atoms with Gasteiger partial charge in [-0.25, -0.2) is 0 Å². The molecule has 2 fully saturated rings. The summed E-state index contributed by atoms with van der Waals surface area (Å²) in [6.07, 6.45) is 2.93. The SMILES string of the molecule is CC(Oc1ccc(Cl)nn1)C(=O)NC1CCN(C(=O)C2CC2)CC1. The number of hydrogen-bond acceptors (Lipinski definition) is 5. The summed E-state index contributed by atoms with van der Waals surface area (Å²) in [5.74, 6) is 0.591. The minimum Gasteiger partial charge on any atom is -0.463 e. The molecule has 1 saturated heterocycles. The van der Waals surface area contributed by atoms with E-state index in [2.05, 4.69) is 15.5 Å². The van der Waals surface area contributed by atoms with Gasteiger partial charge in [0.25, 0.3) is 5.91 Å². The second-order valence-corrected chi connectivity index (χ2v) is 6.72. The molecule has 1 aromatic heterocycles. The van der Waals surface area contributed by atoms with E-state index in [9.17, 15) is 9.59 Å². The molecule has 24 heavy (non-hydrogen) atoms. The van der Waals surface area contributed by atoms with Gasteiger partial charge in [0, 0.05) is 31.1 Å². The predicted molar refractivity (Wildman–Crippen MR) is 87.6 cm³/mol. The molecular weight excluding hydrogens is 332 g/mol. The maximum absolute atomic E-state index is 12.2. The lowest BCUT2D eigenvalue weighted by atomic mass is 10.0. The predicted octanol–water partition coefficient (Wildman–Crippen LogP) is 1.41. The van der Waals surface area contributed by atoms with Gasteiger partial charge in [-0.3, -0.25) is 9.59 Å². The van der Waals surface area contributed by atoms with Gasteiger partial charge in [0.05, 0.1) is 0 Å². The highest BCUT2D eigenvalue weighted by Gasteiger charge is 2.35. The molecule has 1 saturated carbocycles. The fourth-order valence-corrected chi connectivity index (χ4v) is 2.85.